The van der Waals surface area contributed by atoms with Gasteiger partial charge in [-0.1, -0.05) is 7.60 Å². The molecule has 6 nitrogen and oxygen atoms in total. The van der Waals surface area contributed by atoms with E-state index >= 15 is 0 Å². The maximum absolute atomic E-state index is 9.89. The van der Waals surface area contributed by atoms with Crippen LogP contribution in [0.25, 0.3) is 0 Å². The summed E-state index contributed by atoms with van der Waals surface area (Å²) in [5.41, 5.74) is 0. The molecule has 11 heteroatoms. The Morgan fingerprint density at radius 2 is 1.43 bits per heavy atom. The standard InChI is InChI=1S/C3H9O6PS.3Na/c4-10(5,6)2-1-3-11(7,8)9;;;/h1-3H2,(H2,4,5,6)(H,7,8,9);;;/q;3*+1/p-3. The smallest absolute Gasteiger partial charge is 0.811 e. The Kier molecular flexibility index (Phi) is 20.6. The predicted molar refractivity (Wildman–Crippen MR) is 31.7 cm³/mol. The molecule has 0 spiro atoms. The molecule has 0 aromatic heterocycles. The van der Waals surface area contributed by atoms with Crippen molar-refractivity contribution in [2.45, 2.75) is 6.42 Å². The molecule has 0 unspecified atom stereocenters. The van der Waals surface area contributed by atoms with Crippen LogP contribution in [-0.2, 0) is 14.7 Å². The summed E-state index contributed by atoms with van der Waals surface area (Å²) in [6.45, 7) is 0. The average Bonchev–Trinajstić information content (AvgIpc) is 1.55. The van der Waals surface area contributed by atoms with E-state index in [0.717, 1.165) is 0 Å². The number of hydrogen-bond donors (Lipinski definition) is 0. The molecule has 0 rings (SSSR count). The molecule has 0 aromatic carbocycles. The van der Waals surface area contributed by atoms with Gasteiger partial charge in [-0.3, -0.25) is 0 Å². The molecule has 0 atom stereocenters. The van der Waals surface area contributed by atoms with E-state index in [4.69, 9.17) is 0 Å². The first-order valence-corrected chi connectivity index (χ1v) is 5.96. The Labute approximate surface area is 149 Å². The van der Waals surface area contributed by atoms with Crippen molar-refractivity contribution in [1.82, 2.24) is 0 Å². The third kappa shape index (κ3) is 24.3. The summed E-state index contributed by atoms with van der Waals surface area (Å²) < 4.78 is 39.5. The van der Waals surface area contributed by atoms with Crippen LogP contribution in [0.15, 0.2) is 0 Å². The minimum atomic E-state index is -4.66. The Bertz CT molecular complexity index is 259. The van der Waals surface area contributed by atoms with Crippen molar-refractivity contribution in [3.63, 3.8) is 0 Å². The van der Waals surface area contributed by atoms with Gasteiger partial charge in [0.15, 0.2) is 0 Å². The molecule has 0 radical (unpaired) electrons. The zero-order valence-corrected chi connectivity index (χ0v) is 16.1. The van der Waals surface area contributed by atoms with Crippen LogP contribution in [0.1, 0.15) is 6.42 Å². The second-order valence-corrected chi connectivity index (χ2v) is 5.14. The molecule has 0 N–H and O–H groups in total. The normalized spacial score (nSPS) is 10.5. The van der Waals surface area contributed by atoms with Crippen molar-refractivity contribution in [1.29, 1.82) is 0 Å². The second kappa shape index (κ2) is 11.2. The van der Waals surface area contributed by atoms with Gasteiger partial charge >= 0.3 is 88.7 Å². The summed E-state index contributed by atoms with van der Waals surface area (Å²) in [6.07, 6.45) is -1.20. The van der Waals surface area contributed by atoms with E-state index < -0.39 is 36.0 Å². The SMILES string of the molecule is O=P([O-])([O-])CCCS(=O)(=O)[O-].[Na+].[Na+].[Na+]. The zero-order chi connectivity index (χ0) is 9.12. The third-order valence-electron chi connectivity index (χ3n) is 0.826. The molecule has 0 aliphatic rings. The first-order chi connectivity index (χ1) is 4.71. The van der Waals surface area contributed by atoms with Crippen LogP contribution >= 0.6 is 7.60 Å². The van der Waals surface area contributed by atoms with E-state index in [1.54, 1.807) is 0 Å². The minimum absolute atomic E-state index is 0. The molecule has 0 aromatic rings. The predicted octanol–water partition coefficient (Wildman–Crippen LogP) is -11.2. The summed E-state index contributed by atoms with van der Waals surface area (Å²) in [7, 11) is -9.05. The molecule has 0 saturated carbocycles. The summed E-state index contributed by atoms with van der Waals surface area (Å²) in [4.78, 5) is 19.8. The van der Waals surface area contributed by atoms with Gasteiger partial charge in [0.1, 0.15) is 0 Å². The summed E-state index contributed by atoms with van der Waals surface area (Å²) >= 11 is 0. The maximum Gasteiger partial charge on any atom is 1.00 e. The van der Waals surface area contributed by atoms with Gasteiger partial charge in [0, 0.05) is 5.75 Å². The van der Waals surface area contributed by atoms with Gasteiger partial charge in [0.05, 0.1) is 10.1 Å². The van der Waals surface area contributed by atoms with Crippen LogP contribution in [-0.4, -0.2) is 24.9 Å². The molecule has 0 bridgehead atoms. The quantitative estimate of drug-likeness (QED) is 0.284. The van der Waals surface area contributed by atoms with E-state index in [9.17, 15) is 27.3 Å². The van der Waals surface area contributed by atoms with Crippen molar-refractivity contribution >= 4 is 17.7 Å². The average molecular weight is 270 g/mol. The van der Waals surface area contributed by atoms with Gasteiger partial charge in [-0.05, 0) is 12.6 Å². The van der Waals surface area contributed by atoms with Crippen LogP contribution in [0.4, 0.5) is 0 Å². The fourth-order valence-corrected chi connectivity index (χ4v) is 1.69. The summed E-state index contributed by atoms with van der Waals surface area (Å²) in [6, 6.07) is 0. The molecule has 0 aliphatic carbocycles. The summed E-state index contributed by atoms with van der Waals surface area (Å²) in [5.74, 6) is -0.804. The van der Waals surface area contributed by atoms with Crippen molar-refractivity contribution in [2.75, 3.05) is 11.9 Å². The Balaban J connectivity index is -0.000000167. The van der Waals surface area contributed by atoms with Crippen LogP contribution in [0.2, 0.25) is 0 Å². The van der Waals surface area contributed by atoms with E-state index in [1.807, 2.05) is 0 Å². The topological polar surface area (TPSA) is 120 Å². The molecule has 0 saturated heterocycles. The van der Waals surface area contributed by atoms with Crippen LogP contribution in [0.3, 0.4) is 0 Å². The molecule has 0 fully saturated rings. The van der Waals surface area contributed by atoms with Crippen LogP contribution < -0.4 is 98.5 Å². The molecule has 0 heterocycles. The van der Waals surface area contributed by atoms with Crippen molar-refractivity contribution in [2.24, 2.45) is 0 Å². The van der Waals surface area contributed by atoms with Gasteiger partial charge in [0.2, 0.25) is 0 Å². The fourth-order valence-electron chi connectivity index (χ4n) is 0.435. The van der Waals surface area contributed by atoms with E-state index in [-0.39, 0.29) is 88.7 Å². The molecule has 14 heavy (non-hydrogen) atoms. The van der Waals surface area contributed by atoms with Gasteiger partial charge < -0.3 is 18.9 Å². The molecule has 0 aliphatic heterocycles. The number of rotatable bonds is 4. The van der Waals surface area contributed by atoms with E-state index in [2.05, 4.69) is 0 Å². The van der Waals surface area contributed by atoms with Crippen molar-refractivity contribution < 1.29 is 116 Å². The molecular formula is C3H6Na3O6PS. The Morgan fingerprint density at radius 3 is 1.64 bits per heavy atom. The fraction of sp³-hybridized carbons (Fsp3) is 1.00. The molecule has 68 valence electrons. The minimum Gasteiger partial charge on any atom is -0.811 e. The maximum atomic E-state index is 9.89. The van der Waals surface area contributed by atoms with Gasteiger partial charge in [-0.2, -0.15) is 0 Å². The monoisotopic (exact) mass is 270 g/mol. The number of hydrogen-bond acceptors (Lipinski definition) is 6. The Morgan fingerprint density at radius 1 is 1.07 bits per heavy atom. The van der Waals surface area contributed by atoms with Crippen LogP contribution in [0.5, 0.6) is 0 Å². The molecule has 0 amide bonds. The first kappa shape index (κ1) is 25.8. The third-order valence-corrected chi connectivity index (χ3v) is 2.48. The second-order valence-electron chi connectivity index (χ2n) is 1.95. The van der Waals surface area contributed by atoms with Crippen molar-refractivity contribution in [3.8, 4) is 0 Å². The zero-order valence-electron chi connectivity index (χ0n) is 8.43. The van der Waals surface area contributed by atoms with Gasteiger partial charge in [-0.15, -0.1) is 0 Å². The van der Waals surface area contributed by atoms with E-state index in [1.165, 1.54) is 0 Å². The largest absolute Gasteiger partial charge is 1.00 e. The van der Waals surface area contributed by atoms with E-state index in [0.29, 0.717) is 0 Å². The Hall–Kier alpha value is 3.06. The molecular weight excluding hydrogens is 264 g/mol. The van der Waals surface area contributed by atoms with Crippen LogP contribution in [0, 0.1) is 0 Å². The van der Waals surface area contributed by atoms with Gasteiger partial charge in [0.25, 0.3) is 0 Å². The van der Waals surface area contributed by atoms with Crippen molar-refractivity contribution in [3.05, 3.63) is 0 Å². The van der Waals surface area contributed by atoms with Gasteiger partial charge in [-0.25, -0.2) is 8.42 Å². The summed E-state index contributed by atoms with van der Waals surface area (Å²) in [5, 5.41) is 0. The first-order valence-electron chi connectivity index (χ1n) is 2.65.